The van der Waals surface area contributed by atoms with E-state index in [0.717, 1.165) is 5.76 Å². The molecule has 0 spiro atoms. The SMILES string of the molecule is Cc1ccc(CNC(=O)c2ccc(O)c(Cl)c2)o1. The first kappa shape index (κ1) is 12.5. The van der Waals surface area contributed by atoms with Gasteiger partial charge in [0.05, 0.1) is 11.6 Å². The van der Waals surface area contributed by atoms with Crippen LogP contribution in [0.1, 0.15) is 21.9 Å². The minimum Gasteiger partial charge on any atom is -0.506 e. The molecule has 1 aromatic carbocycles. The third kappa shape index (κ3) is 2.84. The fraction of sp³-hybridized carbons (Fsp3) is 0.154. The van der Waals surface area contributed by atoms with Gasteiger partial charge in [0.1, 0.15) is 17.3 Å². The van der Waals surface area contributed by atoms with Crippen molar-refractivity contribution in [2.75, 3.05) is 0 Å². The van der Waals surface area contributed by atoms with Crippen LogP contribution >= 0.6 is 11.6 Å². The van der Waals surface area contributed by atoms with E-state index < -0.39 is 0 Å². The lowest BCUT2D eigenvalue weighted by Crippen LogP contribution is -2.22. The van der Waals surface area contributed by atoms with Crippen LogP contribution in [-0.2, 0) is 6.54 Å². The maximum Gasteiger partial charge on any atom is 0.251 e. The average Bonchev–Trinajstić information content (AvgIpc) is 2.75. The molecule has 1 heterocycles. The van der Waals surface area contributed by atoms with E-state index in [0.29, 0.717) is 17.9 Å². The van der Waals surface area contributed by atoms with Crippen molar-refractivity contribution in [2.24, 2.45) is 0 Å². The minimum absolute atomic E-state index is 0.0464. The molecule has 0 aliphatic heterocycles. The molecular formula is C13H12ClNO3. The summed E-state index contributed by atoms with van der Waals surface area (Å²) in [6.45, 7) is 2.15. The summed E-state index contributed by atoms with van der Waals surface area (Å²) in [4.78, 5) is 11.8. The maximum atomic E-state index is 11.8. The lowest BCUT2D eigenvalue weighted by molar-refractivity contribution is 0.0948. The maximum absolute atomic E-state index is 11.8. The number of hydrogen-bond donors (Lipinski definition) is 2. The smallest absolute Gasteiger partial charge is 0.251 e. The first-order valence-electron chi connectivity index (χ1n) is 5.38. The van der Waals surface area contributed by atoms with Gasteiger partial charge in [0.25, 0.3) is 5.91 Å². The number of aryl methyl sites for hydroxylation is 1. The quantitative estimate of drug-likeness (QED) is 0.897. The van der Waals surface area contributed by atoms with E-state index in [1.807, 2.05) is 13.0 Å². The molecule has 5 heteroatoms. The summed E-state index contributed by atoms with van der Waals surface area (Å²) < 4.78 is 5.33. The Morgan fingerprint density at radius 2 is 2.17 bits per heavy atom. The van der Waals surface area contributed by atoms with E-state index in [1.54, 1.807) is 6.07 Å². The number of halogens is 1. The molecule has 4 nitrogen and oxygen atoms in total. The molecule has 2 rings (SSSR count). The van der Waals surface area contributed by atoms with Crippen LogP contribution in [0.4, 0.5) is 0 Å². The van der Waals surface area contributed by atoms with Gasteiger partial charge < -0.3 is 14.8 Å². The first-order valence-corrected chi connectivity index (χ1v) is 5.76. The Kier molecular flexibility index (Phi) is 3.58. The zero-order valence-electron chi connectivity index (χ0n) is 9.74. The number of phenols is 1. The normalized spacial score (nSPS) is 10.3. The summed E-state index contributed by atoms with van der Waals surface area (Å²) in [7, 11) is 0. The number of benzene rings is 1. The number of nitrogens with one attached hydrogen (secondary N) is 1. The van der Waals surface area contributed by atoms with Crippen molar-refractivity contribution in [3.05, 3.63) is 52.4 Å². The zero-order valence-corrected chi connectivity index (χ0v) is 10.5. The monoisotopic (exact) mass is 265 g/mol. The van der Waals surface area contributed by atoms with Crippen molar-refractivity contribution in [1.82, 2.24) is 5.32 Å². The first-order chi connectivity index (χ1) is 8.56. The number of phenolic OH excluding ortho intramolecular Hbond substituents is 1. The third-order valence-corrected chi connectivity index (χ3v) is 2.73. The van der Waals surface area contributed by atoms with Crippen LogP contribution in [0, 0.1) is 6.92 Å². The highest BCUT2D eigenvalue weighted by molar-refractivity contribution is 6.32. The van der Waals surface area contributed by atoms with Crippen molar-refractivity contribution in [3.8, 4) is 5.75 Å². The molecule has 0 atom stereocenters. The summed E-state index contributed by atoms with van der Waals surface area (Å²) in [5.41, 5.74) is 0.390. The summed E-state index contributed by atoms with van der Waals surface area (Å²) >= 11 is 5.73. The van der Waals surface area contributed by atoms with Gasteiger partial charge in [-0.2, -0.15) is 0 Å². The van der Waals surface area contributed by atoms with Crippen LogP contribution in [0.2, 0.25) is 5.02 Å². The van der Waals surface area contributed by atoms with Gasteiger partial charge in [-0.3, -0.25) is 4.79 Å². The van der Waals surface area contributed by atoms with Gasteiger partial charge in [-0.25, -0.2) is 0 Å². The molecular weight excluding hydrogens is 254 g/mol. The van der Waals surface area contributed by atoms with Gasteiger partial charge in [0.15, 0.2) is 0 Å². The highest BCUT2D eigenvalue weighted by atomic mass is 35.5. The van der Waals surface area contributed by atoms with Crippen LogP contribution < -0.4 is 5.32 Å². The predicted molar refractivity (Wildman–Crippen MR) is 67.7 cm³/mol. The van der Waals surface area contributed by atoms with Gasteiger partial charge in [-0.1, -0.05) is 11.6 Å². The highest BCUT2D eigenvalue weighted by Gasteiger charge is 2.08. The lowest BCUT2D eigenvalue weighted by atomic mass is 10.2. The van der Waals surface area contributed by atoms with Gasteiger partial charge in [-0.15, -0.1) is 0 Å². The molecule has 0 fully saturated rings. The number of aromatic hydroxyl groups is 1. The van der Waals surface area contributed by atoms with Gasteiger partial charge in [-0.05, 0) is 37.3 Å². The van der Waals surface area contributed by atoms with Crippen LogP contribution in [0.15, 0.2) is 34.7 Å². The molecule has 0 radical (unpaired) electrons. The van der Waals surface area contributed by atoms with E-state index >= 15 is 0 Å². The molecule has 18 heavy (non-hydrogen) atoms. The number of carbonyl (C=O) groups is 1. The molecule has 94 valence electrons. The number of carbonyl (C=O) groups excluding carboxylic acids is 1. The van der Waals surface area contributed by atoms with Gasteiger partial charge in [0.2, 0.25) is 0 Å². The van der Waals surface area contributed by atoms with Gasteiger partial charge in [0, 0.05) is 5.56 Å². The molecule has 2 N–H and O–H groups in total. The van der Waals surface area contributed by atoms with Crippen LogP contribution in [0.3, 0.4) is 0 Å². The summed E-state index contributed by atoms with van der Waals surface area (Å²) in [6, 6.07) is 7.94. The molecule has 0 unspecified atom stereocenters. The Labute approximate surface area is 109 Å². The second-order valence-electron chi connectivity index (χ2n) is 3.86. The van der Waals surface area contributed by atoms with Crippen molar-refractivity contribution in [3.63, 3.8) is 0 Å². The highest BCUT2D eigenvalue weighted by Crippen LogP contribution is 2.23. The summed E-state index contributed by atoms with van der Waals surface area (Å²) in [5, 5.41) is 12.1. The Morgan fingerprint density at radius 1 is 1.39 bits per heavy atom. The van der Waals surface area contributed by atoms with E-state index in [2.05, 4.69) is 5.32 Å². The number of furan rings is 1. The second-order valence-corrected chi connectivity index (χ2v) is 4.27. The molecule has 1 amide bonds. The topological polar surface area (TPSA) is 62.5 Å². The van der Waals surface area contributed by atoms with Crippen molar-refractivity contribution >= 4 is 17.5 Å². The van der Waals surface area contributed by atoms with Crippen molar-refractivity contribution in [1.29, 1.82) is 0 Å². The molecule has 2 aromatic rings. The van der Waals surface area contributed by atoms with Crippen LogP contribution in [-0.4, -0.2) is 11.0 Å². The Hall–Kier alpha value is -1.94. The fourth-order valence-corrected chi connectivity index (χ4v) is 1.68. The second kappa shape index (κ2) is 5.14. The molecule has 0 aliphatic carbocycles. The average molecular weight is 266 g/mol. The lowest BCUT2D eigenvalue weighted by Gasteiger charge is -2.04. The van der Waals surface area contributed by atoms with Crippen LogP contribution in [0.5, 0.6) is 5.75 Å². The standard InChI is InChI=1S/C13H12ClNO3/c1-8-2-4-10(18-8)7-15-13(17)9-3-5-12(16)11(14)6-9/h2-6,16H,7H2,1H3,(H,15,17). The Bertz CT molecular complexity index is 577. The van der Waals surface area contributed by atoms with Gasteiger partial charge >= 0.3 is 0 Å². The largest absolute Gasteiger partial charge is 0.506 e. The zero-order chi connectivity index (χ0) is 13.1. The molecule has 1 aromatic heterocycles. The molecule has 0 saturated heterocycles. The van der Waals surface area contributed by atoms with Crippen molar-refractivity contribution < 1.29 is 14.3 Å². The molecule has 0 aliphatic rings. The number of amides is 1. The van der Waals surface area contributed by atoms with E-state index in [4.69, 9.17) is 16.0 Å². The Morgan fingerprint density at radius 3 is 2.78 bits per heavy atom. The third-order valence-electron chi connectivity index (χ3n) is 2.43. The summed E-state index contributed by atoms with van der Waals surface area (Å²) in [6.07, 6.45) is 0. The van der Waals surface area contributed by atoms with Crippen molar-refractivity contribution in [2.45, 2.75) is 13.5 Å². The van der Waals surface area contributed by atoms with E-state index in [-0.39, 0.29) is 16.7 Å². The number of rotatable bonds is 3. The minimum atomic E-state index is -0.272. The summed E-state index contributed by atoms with van der Waals surface area (Å²) in [5.74, 6) is 1.17. The number of hydrogen-bond acceptors (Lipinski definition) is 3. The van der Waals surface area contributed by atoms with E-state index in [1.165, 1.54) is 18.2 Å². The predicted octanol–water partition coefficient (Wildman–Crippen LogP) is 2.88. The van der Waals surface area contributed by atoms with E-state index in [9.17, 15) is 9.90 Å². The Balaban J connectivity index is 2.01. The fourth-order valence-electron chi connectivity index (χ4n) is 1.50. The molecule has 0 bridgehead atoms. The molecule has 0 saturated carbocycles. The van der Waals surface area contributed by atoms with Crippen LogP contribution in [0.25, 0.3) is 0 Å².